The Bertz CT molecular complexity index is 755. The van der Waals surface area contributed by atoms with Gasteiger partial charge in [0.05, 0.1) is 5.92 Å². The predicted octanol–water partition coefficient (Wildman–Crippen LogP) is 3.30. The molecule has 1 atom stereocenters. The molecular formula is C17H14F3NO4. The van der Waals surface area contributed by atoms with E-state index in [4.69, 9.17) is 5.73 Å². The van der Waals surface area contributed by atoms with Crippen molar-refractivity contribution in [2.75, 3.05) is 0 Å². The van der Waals surface area contributed by atoms with E-state index in [2.05, 4.69) is 4.74 Å². The molecule has 0 saturated heterocycles. The molecule has 0 radical (unpaired) electrons. The predicted molar refractivity (Wildman–Crippen MR) is 82.7 cm³/mol. The van der Waals surface area contributed by atoms with E-state index in [0.29, 0.717) is 16.7 Å². The minimum atomic E-state index is -4.75. The van der Waals surface area contributed by atoms with Gasteiger partial charge in [-0.3, -0.25) is 9.59 Å². The zero-order valence-corrected chi connectivity index (χ0v) is 12.8. The van der Waals surface area contributed by atoms with Crippen LogP contribution in [0.15, 0.2) is 48.5 Å². The summed E-state index contributed by atoms with van der Waals surface area (Å²) in [5.74, 6) is -3.27. The van der Waals surface area contributed by atoms with Crippen LogP contribution in [0, 0.1) is 0 Å². The van der Waals surface area contributed by atoms with Crippen LogP contribution < -0.4 is 10.5 Å². The van der Waals surface area contributed by atoms with E-state index < -0.39 is 24.2 Å². The third kappa shape index (κ3) is 5.23. The van der Waals surface area contributed by atoms with E-state index in [1.807, 2.05) is 0 Å². The number of primary amides is 1. The van der Waals surface area contributed by atoms with Crippen LogP contribution in [-0.4, -0.2) is 23.3 Å². The minimum absolute atomic E-state index is 0.321. The van der Waals surface area contributed by atoms with Gasteiger partial charge < -0.3 is 15.6 Å². The number of alkyl halides is 3. The van der Waals surface area contributed by atoms with Gasteiger partial charge in [-0.1, -0.05) is 36.4 Å². The number of carbonyl (C=O) groups is 2. The van der Waals surface area contributed by atoms with Crippen LogP contribution in [0.25, 0.3) is 11.1 Å². The normalized spacial score (nSPS) is 12.4. The van der Waals surface area contributed by atoms with Crippen LogP contribution in [0.1, 0.15) is 17.9 Å². The molecule has 0 aliphatic heterocycles. The van der Waals surface area contributed by atoms with Crippen molar-refractivity contribution in [3.8, 4) is 16.9 Å². The standard InChI is InChI=1S/C17H14F3NO4/c18-17(19,20)25-13-7-5-11(6-8-13)10-1-3-12(4-2-10)14(16(23)24)9-15(21)22/h1-8,14H,9H2,(H2,21,22)(H,23,24). The molecular weight excluding hydrogens is 339 g/mol. The summed E-state index contributed by atoms with van der Waals surface area (Å²) in [5, 5.41) is 9.17. The lowest BCUT2D eigenvalue weighted by atomic mass is 9.93. The number of amides is 1. The number of carboxylic acid groups (broad SMARTS) is 1. The van der Waals surface area contributed by atoms with Gasteiger partial charge in [0.1, 0.15) is 5.75 Å². The van der Waals surface area contributed by atoms with E-state index in [1.54, 1.807) is 12.1 Å². The maximum Gasteiger partial charge on any atom is 0.573 e. The average molecular weight is 353 g/mol. The molecule has 2 aromatic carbocycles. The number of hydrogen-bond donors (Lipinski definition) is 2. The monoisotopic (exact) mass is 353 g/mol. The molecule has 25 heavy (non-hydrogen) atoms. The molecule has 0 saturated carbocycles. The molecule has 1 unspecified atom stereocenters. The number of halogens is 3. The first-order valence-corrected chi connectivity index (χ1v) is 7.13. The Morgan fingerprint density at radius 2 is 1.48 bits per heavy atom. The van der Waals surface area contributed by atoms with Gasteiger partial charge in [0, 0.05) is 6.42 Å². The number of hydrogen-bond acceptors (Lipinski definition) is 3. The third-order valence-corrected chi connectivity index (χ3v) is 3.44. The second-order valence-electron chi connectivity index (χ2n) is 5.26. The van der Waals surface area contributed by atoms with Crippen molar-refractivity contribution in [3.63, 3.8) is 0 Å². The van der Waals surface area contributed by atoms with E-state index in [1.165, 1.54) is 36.4 Å². The largest absolute Gasteiger partial charge is 0.573 e. The van der Waals surface area contributed by atoms with Crippen LogP contribution >= 0.6 is 0 Å². The van der Waals surface area contributed by atoms with Gasteiger partial charge in [-0.05, 0) is 28.8 Å². The van der Waals surface area contributed by atoms with E-state index in [0.717, 1.165) is 0 Å². The highest BCUT2D eigenvalue weighted by molar-refractivity contribution is 5.85. The molecule has 0 spiro atoms. The molecule has 2 aromatic rings. The van der Waals surface area contributed by atoms with Crippen LogP contribution in [0.5, 0.6) is 5.75 Å². The average Bonchev–Trinajstić information content (AvgIpc) is 2.52. The minimum Gasteiger partial charge on any atom is -0.481 e. The Balaban J connectivity index is 2.19. The summed E-state index contributed by atoms with van der Waals surface area (Å²) in [6.07, 6.45) is -5.08. The van der Waals surface area contributed by atoms with Crippen molar-refractivity contribution in [3.05, 3.63) is 54.1 Å². The first kappa shape index (κ1) is 18.3. The Labute approximate surface area is 140 Å². The highest BCUT2D eigenvalue weighted by atomic mass is 19.4. The summed E-state index contributed by atoms with van der Waals surface area (Å²) in [5.41, 5.74) is 6.76. The fourth-order valence-corrected chi connectivity index (χ4v) is 2.31. The zero-order chi connectivity index (χ0) is 18.6. The van der Waals surface area contributed by atoms with E-state index >= 15 is 0 Å². The molecule has 2 rings (SSSR count). The number of benzene rings is 2. The Morgan fingerprint density at radius 1 is 1.00 bits per heavy atom. The molecule has 0 bridgehead atoms. The maximum atomic E-state index is 12.1. The fraction of sp³-hybridized carbons (Fsp3) is 0.176. The number of carboxylic acids is 1. The molecule has 0 heterocycles. The summed E-state index contributed by atoms with van der Waals surface area (Å²) in [4.78, 5) is 22.2. The SMILES string of the molecule is NC(=O)CC(C(=O)O)c1ccc(-c2ccc(OC(F)(F)F)cc2)cc1. The number of ether oxygens (including phenoxy) is 1. The van der Waals surface area contributed by atoms with E-state index in [-0.39, 0.29) is 12.2 Å². The summed E-state index contributed by atoms with van der Waals surface area (Å²) < 4.78 is 40.2. The fourth-order valence-electron chi connectivity index (χ4n) is 2.31. The summed E-state index contributed by atoms with van der Waals surface area (Å²) in [7, 11) is 0. The number of carbonyl (C=O) groups excluding carboxylic acids is 1. The Kier molecular flexibility index (Phi) is 5.31. The lowest BCUT2D eigenvalue weighted by molar-refractivity contribution is -0.274. The highest BCUT2D eigenvalue weighted by Gasteiger charge is 2.31. The van der Waals surface area contributed by atoms with Crippen molar-refractivity contribution in [1.82, 2.24) is 0 Å². The molecule has 8 heteroatoms. The van der Waals surface area contributed by atoms with Gasteiger partial charge in [0.15, 0.2) is 0 Å². The molecule has 1 amide bonds. The summed E-state index contributed by atoms with van der Waals surface area (Å²) in [6, 6.07) is 11.6. The van der Waals surface area contributed by atoms with Crippen molar-refractivity contribution < 1.29 is 32.6 Å². The zero-order valence-electron chi connectivity index (χ0n) is 12.8. The van der Waals surface area contributed by atoms with Crippen molar-refractivity contribution in [2.24, 2.45) is 5.73 Å². The second-order valence-corrected chi connectivity index (χ2v) is 5.26. The van der Waals surface area contributed by atoms with Gasteiger partial charge in [-0.25, -0.2) is 0 Å². The number of rotatable bonds is 6. The van der Waals surface area contributed by atoms with Gasteiger partial charge in [0.25, 0.3) is 0 Å². The third-order valence-electron chi connectivity index (χ3n) is 3.44. The van der Waals surface area contributed by atoms with Crippen LogP contribution in [0.4, 0.5) is 13.2 Å². The summed E-state index contributed by atoms with van der Waals surface area (Å²) >= 11 is 0. The molecule has 0 fully saturated rings. The van der Waals surface area contributed by atoms with Gasteiger partial charge in [0.2, 0.25) is 5.91 Å². The van der Waals surface area contributed by atoms with Crippen LogP contribution in [-0.2, 0) is 9.59 Å². The first-order chi connectivity index (χ1) is 11.7. The number of aliphatic carboxylic acids is 1. The molecule has 0 aromatic heterocycles. The topological polar surface area (TPSA) is 89.6 Å². The molecule has 5 nitrogen and oxygen atoms in total. The lowest BCUT2D eigenvalue weighted by Gasteiger charge is -2.12. The smallest absolute Gasteiger partial charge is 0.481 e. The van der Waals surface area contributed by atoms with Crippen molar-refractivity contribution in [1.29, 1.82) is 0 Å². The Hall–Kier alpha value is -3.03. The second kappa shape index (κ2) is 7.25. The maximum absolute atomic E-state index is 12.1. The van der Waals surface area contributed by atoms with Crippen molar-refractivity contribution >= 4 is 11.9 Å². The lowest BCUT2D eigenvalue weighted by Crippen LogP contribution is -2.20. The Morgan fingerprint density at radius 3 is 1.88 bits per heavy atom. The van der Waals surface area contributed by atoms with E-state index in [9.17, 15) is 27.9 Å². The molecule has 0 aliphatic carbocycles. The first-order valence-electron chi connectivity index (χ1n) is 7.13. The highest BCUT2D eigenvalue weighted by Crippen LogP contribution is 2.28. The molecule has 132 valence electrons. The van der Waals surface area contributed by atoms with Crippen LogP contribution in [0.3, 0.4) is 0 Å². The molecule has 0 aliphatic rings. The van der Waals surface area contributed by atoms with Crippen LogP contribution in [0.2, 0.25) is 0 Å². The molecule has 3 N–H and O–H groups in total. The van der Waals surface area contributed by atoms with Gasteiger partial charge >= 0.3 is 12.3 Å². The number of nitrogens with two attached hydrogens (primary N) is 1. The van der Waals surface area contributed by atoms with Crippen molar-refractivity contribution in [2.45, 2.75) is 18.7 Å². The van der Waals surface area contributed by atoms with Gasteiger partial charge in [-0.15, -0.1) is 13.2 Å². The summed E-state index contributed by atoms with van der Waals surface area (Å²) in [6.45, 7) is 0. The van der Waals surface area contributed by atoms with Gasteiger partial charge in [-0.2, -0.15) is 0 Å². The quantitative estimate of drug-likeness (QED) is 0.834.